The lowest BCUT2D eigenvalue weighted by atomic mass is 10.0. The van der Waals surface area contributed by atoms with Crippen molar-refractivity contribution in [3.63, 3.8) is 0 Å². The van der Waals surface area contributed by atoms with Crippen LogP contribution in [0.5, 0.6) is 0 Å². The fourth-order valence-corrected chi connectivity index (χ4v) is 3.87. The Kier molecular flexibility index (Phi) is 21.7. The lowest BCUT2D eigenvalue weighted by molar-refractivity contribution is -0.132. The van der Waals surface area contributed by atoms with Crippen LogP contribution in [0.25, 0.3) is 0 Å². The van der Waals surface area contributed by atoms with Crippen LogP contribution in [0, 0.1) is 0 Å². The van der Waals surface area contributed by atoms with Gasteiger partial charge in [0.1, 0.15) is 5.78 Å². The van der Waals surface area contributed by atoms with E-state index in [0.717, 1.165) is 19.3 Å². The molecule has 0 aliphatic rings. The van der Waals surface area contributed by atoms with Crippen LogP contribution in [0.1, 0.15) is 135 Å². The van der Waals surface area contributed by atoms with E-state index >= 15 is 0 Å². The number of carboxylic acid groups (broad SMARTS) is 1. The number of carboxylic acids is 1. The molecule has 4 heteroatoms. The highest BCUT2D eigenvalue weighted by Gasteiger charge is 2.02. The van der Waals surface area contributed by atoms with E-state index in [2.05, 4.69) is 6.58 Å². The number of nitrogens with two attached hydrogens (primary N) is 1. The van der Waals surface area contributed by atoms with Gasteiger partial charge >= 0.3 is 5.97 Å². The molecule has 176 valence electrons. The SMILES string of the molecule is C=C(CCCCCCCCCCCCCCCCCCCCCC(=O)CN)C(=O)O. The van der Waals surface area contributed by atoms with Crippen molar-refractivity contribution < 1.29 is 14.7 Å². The third kappa shape index (κ3) is 21.5. The molecule has 3 N–H and O–H groups in total. The zero-order chi connectivity index (χ0) is 22.3. The van der Waals surface area contributed by atoms with E-state index in [1.807, 2.05) is 0 Å². The van der Waals surface area contributed by atoms with Crippen LogP contribution in [0.2, 0.25) is 0 Å². The van der Waals surface area contributed by atoms with Crippen molar-refractivity contribution in [2.75, 3.05) is 6.54 Å². The lowest BCUT2D eigenvalue weighted by Crippen LogP contribution is -2.12. The first kappa shape index (κ1) is 28.8. The molecule has 0 spiro atoms. The molecule has 0 atom stereocenters. The summed E-state index contributed by atoms with van der Waals surface area (Å²) in [5, 5.41) is 8.75. The van der Waals surface area contributed by atoms with Crippen LogP contribution in [-0.4, -0.2) is 23.4 Å². The van der Waals surface area contributed by atoms with E-state index in [1.54, 1.807) is 0 Å². The molecule has 0 aromatic rings. The van der Waals surface area contributed by atoms with Gasteiger partial charge in [0.15, 0.2) is 0 Å². The zero-order valence-corrected chi connectivity index (χ0v) is 19.6. The van der Waals surface area contributed by atoms with Gasteiger partial charge in [0.2, 0.25) is 0 Å². The third-order valence-electron chi connectivity index (χ3n) is 5.96. The minimum atomic E-state index is -0.851. The molecule has 0 aliphatic carbocycles. The number of unbranched alkanes of at least 4 members (excludes halogenated alkanes) is 18. The Morgan fingerprint density at radius 3 is 1.07 bits per heavy atom. The maximum absolute atomic E-state index is 11.1. The Bertz CT molecular complexity index is 434. The molecular weight excluding hydrogens is 374 g/mol. The summed E-state index contributed by atoms with van der Waals surface area (Å²) in [5.41, 5.74) is 5.65. The molecule has 0 aliphatic heterocycles. The average Bonchev–Trinajstić information content (AvgIpc) is 2.74. The number of hydrogen-bond donors (Lipinski definition) is 2. The van der Waals surface area contributed by atoms with Gasteiger partial charge in [0.25, 0.3) is 0 Å². The maximum Gasteiger partial charge on any atom is 0.330 e. The van der Waals surface area contributed by atoms with Gasteiger partial charge in [-0.2, -0.15) is 0 Å². The molecule has 30 heavy (non-hydrogen) atoms. The molecule has 0 amide bonds. The molecule has 0 aromatic heterocycles. The Hall–Kier alpha value is -1.16. The van der Waals surface area contributed by atoms with Gasteiger partial charge < -0.3 is 10.8 Å². The molecule has 0 saturated heterocycles. The highest BCUT2D eigenvalue weighted by Crippen LogP contribution is 2.15. The van der Waals surface area contributed by atoms with Gasteiger partial charge in [-0.05, 0) is 19.3 Å². The van der Waals surface area contributed by atoms with Crippen LogP contribution in [0.3, 0.4) is 0 Å². The van der Waals surface area contributed by atoms with Gasteiger partial charge in [0.05, 0.1) is 6.54 Å². The van der Waals surface area contributed by atoms with E-state index in [9.17, 15) is 9.59 Å². The monoisotopic (exact) mass is 423 g/mol. The first-order valence-corrected chi connectivity index (χ1v) is 12.7. The van der Waals surface area contributed by atoms with Crippen LogP contribution in [0.15, 0.2) is 12.2 Å². The number of carbonyl (C=O) groups is 2. The van der Waals surface area contributed by atoms with Crippen LogP contribution in [0.4, 0.5) is 0 Å². The third-order valence-corrected chi connectivity index (χ3v) is 5.96. The second-order valence-corrected chi connectivity index (χ2v) is 8.87. The summed E-state index contributed by atoms with van der Waals surface area (Å²) in [6, 6.07) is 0. The van der Waals surface area contributed by atoms with E-state index in [1.165, 1.54) is 103 Å². The van der Waals surface area contributed by atoms with Gasteiger partial charge in [-0.3, -0.25) is 4.79 Å². The first-order valence-electron chi connectivity index (χ1n) is 12.7. The highest BCUT2D eigenvalue weighted by molar-refractivity contribution is 5.85. The molecule has 0 bridgehead atoms. The molecule has 0 unspecified atom stereocenters. The summed E-state index contributed by atoms with van der Waals surface area (Å²) in [7, 11) is 0. The predicted molar refractivity (Wildman–Crippen MR) is 128 cm³/mol. The van der Waals surface area contributed by atoms with E-state index in [4.69, 9.17) is 10.8 Å². The van der Waals surface area contributed by atoms with Crippen molar-refractivity contribution >= 4 is 11.8 Å². The number of hydrogen-bond acceptors (Lipinski definition) is 3. The Morgan fingerprint density at radius 1 is 0.533 bits per heavy atom. The first-order chi connectivity index (χ1) is 14.6. The van der Waals surface area contributed by atoms with E-state index in [-0.39, 0.29) is 12.3 Å². The summed E-state index contributed by atoms with van der Waals surface area (Å²) in [6.45, 7) is 3.77. The summed E-state index contributed by atoms with van der Waals surface area (Å²) in [6.07, 6.45) is 25.7. The van der Waals surface area contributed by atoms with E-state index in [0.29, 0.717) is 18.4 Å². The second-order valence-electron chi connectivity index (χ2n) is 8.87. The smallest absolute Gasteiger partial charge is 0.330 e. The Morgan fingerprint density at radius 2 is 0.800 bits per heavy atom. The standard InChI is InChI=1S/C26H49NO3/c1-24(26(29)30)21-19-17-15-13-11-9-7-5-3-2-4-6-8-10-12-14-16-18-20-22-25(28)23-27/h1-23,27H2,(H,29,30). The molecule has 0 heterocycles. The van der Waals surface area contributed by atoms with Crippen LogP contribution in [-0.2, 0) is 9.59 Å². The largest absolute Gasteiger partial charge is 0.478 e. The summed E-state index contributed by atoms with van der Waals surface area (Å²) >= 11 is 0. The average molecular weight is 424 g/mol. The zero-order valence-electron chi connectivity index (χ0n) is 19.6. The fourth-order valence-electron chi connectivity index (χ4n) is 3.87. The van der Waals surface area contributed by atoms with Crippen molar-refractivity contribution in [2.24, 2.45) is 5.73 Å². The van der Waals surface area contributed by atoms with Crippen molar-refractivity contribution in [1.29, 1.82) is 0 Å². The Labute approximate surface area is 186 Å². The van der Waals surface area contributed by atoms with Gasteiger partial charge in [-0.1, -0.05) is 116 Å². The molecule has 4 nitrogen and oxygen atoms in total. The number of ketones is 1. The number of rotatable bonds is 24. The predicted octanol–water partition coefficient (Wildman–Crippen LogP) is 7.35. The van der Waals surface area contributed by atoms with Crippen LogP contribution >= 0.6 is 0 Å². The maximum atomic E-state index is 11.1. The number of Topliss-reactive ketones (excluding diaryl/α,β-unsaturated/α-hetero) is 1. The number of carbonyl (C=O) groups excluding carboxylic acids is 1. The highest BCUT2D eigenvalue weighted by atomic mass is 16.4. The molecule has 0 radical (unpaired) electrons. The molecule has 0 fully saturated rings. The minimum Gasteiger partial charge on any atom is -0.478 e. The normalized spacial score (nSPS) is 11.0. The molecule has 0 aromatic carbocycles. The van der Waals surface area contributed by atoms with Gasteiger partial charge in [-0.25, -0.2) is 4.79 Å². The molecular formula is C26H49NO3. The van der Waals surface area contributed by atoms with E-state index < -0.39 is 5.97 Å². The van der Waals surface area contributed by atoms with Gasteiger partial charge in [0, 0.05) is 12.0 Å². The van der Waals surface area contributed by atoms with Crippen molar-refractivity contribution in [1.82, 2.24) is 0 Å². The molecule has 0 rings (SSSR count). The quantitative estimate of drug-likeness (QED) is 0.126. The van der Waals surface area contributed by atoms with Crippen LogP contribution < -0.4 is 5.73 Å². The van der Waals surface area contributed by atoms with Crippen molar-refractivity contribution in [2.45, 2.75) is 135 Å². The van der Waals surface area contributed by atoms with Crippen molar-refractivity contribution in [3.8, 4) is 0 Å². The second kappa shape index (κ2) is 22.5. The minimum absolute atomic E-state index is 0.198. The summed E-state index contributed by atoms with van der Waals surface area (Å²) in [5.74, 6) is -0.653. The molecule has 0 saturated carbocycles. The topological polar surface area (TPSA) is 80.4 Å². The lowest BCUT2D eigenvalue weighted by Gasteiger charge is -2.04. The summed E-state index contributed by atoms with van der Waals surface area (Å²) < 4.78 is 0. The van der Waals surface area contributed by atoms with Gasteiger partial charge in [-0.15, -0.1) is 0 Å². The van der Waals surface area contributed by atoms with Crippen molar-refractivity contribution in [3.05, 3.63) is 12.2 Å². The fraction of sp³-hybridized carbons (Fsp3) is 0.846. The number of aliphatic carboxylic acids is 1. The Balaban J connectivity index is 3.09. The summed E-state index contributed by atoms with van der Waals surface area (Å²) in [4.78, 5) is 21.7.